The molecule has 1 saturated heterocycles. The van der Waals surface area contributed by atoms with E-state index in [4.69, 9.17) is 10.1 Å². The van der Waals surface area contributed by atoms with Gasteiger partial charge in [-0.25, -0.2) is 13.4 Å². The van der Waals surface area contributed by atoms with E-state index in [1.54, 1.807) is 54.5 Å². The Balaban J connectivity index is 0.00000156. The number of anilines is 2. The molecule has 3 aromatic heterocycles. The van der Waals surface area contributed by atoms with E-state index in [0.29, 0.717) is 28.4 Å². The fourth-order valence-corrected chi connectivity index (χ4v) is 5.41. The van der Waals surface area contributed by atoms with Crippen LogP contribution in [0, 0.1) is 11.3 Å². The Morgan fingerprint density at radius 3 is 2.59 bits per heavy atom. The molecule has 1 aromatic carbocycles. The number of aldehydes is 1. The van der Waals surface area contributed by atoms with Crippen molar-refractivity contribution in [3.63, 3.8) is 0 Å². The second-order valence-electron chi connectivity index (χ2n) is 8.40. The average Bonchev–Trinajstić information content (AvgIpc) is 3.57. The van der Waals surface area contributed by atoms with Crippen molar-refractivity contribution in [2.45, 2.75) is 18.9 Å². The van der Waals surface area contributed by atoms with E-state index in [-0.39, 0.29) is 25.3 Å². The van der Waals surface area contributed by atoms with Crippen molar-refractivity contribution >= 4 is 39.0 Å². The van der Waals surface area contributed by atoms with Gasteiger partial charge in [-0.05, 0) is 37.3 Å². The number of rotatable bonds is 8. The van der Waals surface area contributed by atoms with E-state index in [2.05, 4.69) is 26.5 Å². The monoisotopic (exact) mass is 522 g/mol. The molecule has 12 nitrogen and oxygen atoms in total. The lowest BCUT2D eigenvalue weighted by Crippen LogP contribution is -2.64. The summed E-state index contributed by atoms with van der Waals surface area (Å²) < 4.78 is 27.5. The molecule has 0 bridgehead atoms. The van der Waals surface area contributed by atoms with Gasteiger partial charge in [-0.15, -0.1) is 0 Å². The maximum absolute atomic E-state index is 12.2. The minimum atomic E-state index is -3.33. The highest BCUT2D eigenvalue weighted by Crippen LogP contribution is 2.36. The third kappa shape index (κ3) is 4.94. The molecule has 0 atom stereocenters. The third-order valence-electron chi connectivity index (χ3n) is 6.17. The molecular formula is C24H26N8O4S. The Labute approximate surface area is 213 Å². The molecule has 13 heteroatoms. The first kappa shape index (κ1) is 26.0. The van der Waals surface area contributed by atoms with Crippen molar-refractivity contribution in [3.05, 3.63) is 54.5 Å². The van der Waals surface area contributed by atoms with Crippen LogP contribution in [-0.2, 0) is 15.6 Å². The SMILES string of the molecule is CCS(=O)(=O)N1CC(CC#N)(n2cc(-c3nc(Nc4ccc(C=O)cc4)nc4[nH]ccc34)cn2)C1.CO. The molecule has 1 aliphatic heterocycles. The van der Waals surface area contributed by atoms with Crippen LogP contribution in [0.4, 0.5) is 11.6 Å². The number of benzene rings is 1. The maximum Gasteiger partial charge on any atom is 0.229 e. The first-order chi connectivity index (χ1) is 17.9. The van der Waals surface area contributed by atoms with Gasteiger partial charge in [-0.3, -0.25) is 9.48 Å². The first-order valence-corrected chi connectivity index (χ1v) is 13.0. The van der Waals surface area contributed by atoms with Crippen LogP contribution >= 0.6 is 0 Å². The summed E-state index contributed by atoms with van der Waals surface area (Å²) in [6.45, 7) is 2.00. The molecular weight excluding hydrogens is 496 g/mol. The summed E-state index contributed by atoms with van der Waals surface area (Å²) in [4.78, 5) is 23.2. The molecule has 4 heterocycles. The molecule has 3 N–H and O–H groups in total. The van der Waals surface area contributed by atoms with Gasteiger partial charge < -0.3 is 15.4 Å². The van der Waals surface area contributed by atoms with Gasteiger partial charge in [0.05, 0.1) is 30.1 Å². The van der Waals surface area contributed by atoms with Gasteiger partial charge in [0.2, 0.25) is 16.0 Å². The summed E-state index contributed by atoms with van der Waals surface area (Å²) in [7, 11) is -2.33. The summed E-state index contributed by atoms with van der Waals surface area (Å²) in [5.74, 6) is 0.372. The van der Waals surface area contributed by atoms with Gasteiger partial charge in [0.25, 0.3) is 0 Å². The first-order valence-electron chi connectivity index (χ1n) is 11.4. The van der Waals surface area contributed by atoms with Crippen LogP contribution in [0.5, 0.6) is 0 Å². The van der Waals surface area contributed by atoms with Crippen molar-refractivity contribution < 1.29 is 18.3 Å². The van der Waals surface area contributed by atoms with Gasteiger partial charge in [0.15, 0.2) is 0 Å². The number of nitrogens with one attached hydrogen (secondary N) is 2. The van der Waals surface area contributed by atoms with E-state index in [1.807, 2.05) is 6.07 Å². The van der Waals surface area contributed by atoms with Gasteiger partial charge in [0.1, 0.15) is 17.5 Å². The Hall–Kier alpha value is -4.12. The largest absolute Gasteiger partial charge is 0.400 e. The zero-order chi connectivity index (χ0) is 26.6. The number of aromatic nitrogens is 5. The van der Waals surface area contributed by atoms with Crippen molar-refractivity contribution in [2.75, 3.05) is 31.3 Å². The molecule has 1 fully saturated rings. The predicted molar refractivity (Wildman–Crippen MR) is 138 cm³/mol. The van der Waals surface area contributed by atoms with Crippen molar-refractivity contribution in [3.8, 4) is 17.3 Å². The van der Waals surface area contributed by atoms with E-state index < -0.39 is 15.6 Å². The van der Waals surface area contributed by atoms with Crippen LogP contribution < -0.4 is 5.32 Å². The molecule has 0 saturated carbocycles. The minimum Gasteiger partial charge on any atom is -0.400 e. The summed E-state index contributed by atoms with van der Waals surface area (Å²) in [6, 6.07) is 11.0. The highest BCUT2D eigenvalue weighted by Gasteiger charge is 2.49. The number of fused-ring (bicyclic) bond motifs is 1. The lowest BCUT2D eigenvalue weighted by Gasteiger charge is -2.47. The quantitative estimate of drug-likeness (QED) is 0.294. The number of H-pyrrole nitrogens is 1. The van der Waals surface area contributed by atoms with E-state index in [0.717, 1.165) is 24.5 Å². The van der Waals surface area contributed by atoms with Crippen LogP contribution in [0.3, 0.4) is 0 Å². The molecule has 5 rings (SSSR count). The second kappa shape index (κ2) is 10.5. The highest BCUT2D eigenvalue weighted by molar-refractivity contribution is 7.89. The van der Waals surface area contributed by atoms with E-state index in [9.17, 15) is 18.5 Å². The standard InChI is InChI=1S/C23H22N8O3S.CH4O/c1-2-35(33,34)30-14-23(15-30,8-9-24)31-12-17(11-26-31)20-19-7-10-25-21(19)29-22(28-20)27-18-5-3-16(13-32)4-6-18;1-2/h3-7,10-13H,2,8,14-15H2,1H3,(H2,25,27,28,29);2H,1H3. The fourth-order valence-electron chi connectivity index (χ4n) is 4.17. The number of carbonyl (C=O) groups excluding carboxylic acids is 1. The molecule has 0 radical (unpaired) electrons. The Morgan fingerprint density at radius 2 is 1.95 bits per heavy atom. The molecule has 37 heavy (non-hydrogen) atoms. The molecule has 4 aromatic rings. The summed E-state index contributed by atoms with van der Waals surface area (Å²) in [6.07, 6.45) is 6.14. The number of hydrogen-bond acceptors (Lipinski definition) is 9. The van der Waals surface area contributed by atoms with Crippen LogP contribution in [0.25, 0.3) is 22.3 Å². The number of hydrogen-bond donors (Lipinski definition) is 3. The number of aliphatic hydroxyl groups excluding tert-OH is 1. The van der Waals surface area contributed by atoms with Crippen LogP contribution in [-0.4, -0.2) is 74.8 Å². The van der Waals surface area contributed by atoms with E-state index >= 15 is 0 Å². The lowest BCUT2D eigenvalue weighted by molar-refractivity contribution is 0.0719. The van der Waals surface area contributed by atoms with Crippen LogP contribution in [0.2, 0.25) is 0 Å². The normalized spacial score (nSPS) is 14.8. The topological polar surface area (TPSA) is 170 Å². The van der Waals surface area contributed by atoms with Gasteiger partial charge >= 0.3 is 0 Å². The number of aliphatic hydroxyl groups is 1. The number of nitriles is 1. The Bertz CT molecular complexity index is 1550. The van der Waals surface area contributed by atoms with Crippen molar-refractivity contribution in [1.29, 1.82) is 5.26 Å². The van der Waals surface area contributed by atoms with Crippen LogP contribution in [0.1, 0.15) is 23.7 Å². The average molecular weight is 523 g/mol. The lowest BCUT2D eigenvalue weighted by atomic mass is 9.89. The molecule has 1 aliphatic rings. The summed E-state index contributed by atoms with van der Waals surface area (Å²) in [5.41, 5.74) is 2.55. The second-order valence-corrected chi connectivity index (χ2v) is 10.7. The zero-order valence-electron chi connectivity index (χ0n) is 20.3. The van der Waals surface area contributed by atoms with Crippen molar-refractivity contribution in [1.82, 2.24) is 29.0 Å². The number of carbonyl (C=O) groups is 1. The Kier molecular flexibility index (Phi) is 7.35. The number of aromatic amines is 1. The van der Waals surface area contributed by atoms with Gasteiger partial charge in [-0.2, -0.15) is 19.6 Å². The fraction of sp³-hybridized carbons (Fsp3) is 0.292. The summed E-state index contributed by atoms with van der Waals surface area (Å²) in [5, 5.41) is 24.9. The van der Waals surface area contributed by atoms with Crippen LogP contribution in [0.15, 0.2) is 48.9 Å². The molecule has 0 unspecified atom stereocenters. The molecule has 0 spiro atoms. The zero-order valence-corrected chi connectivity index (χ0v) is 21.1. The Morgan fingerprint density at radius 1 is 1.22 bits per heavy atom. The maximum atomic E-state index is 12.2. The molecule has 192 valence electrons. The summed E-state index contributed by atoms with van der Waals surface area (Å²) >= 11 is 0. The van der Waals surface area contributed by atoms with Gasteiger partial charge in [0, 0.05) is 54.8 Å². The predicted octanol–water partition coefficient (Wildman–Crippen LogP) is 2.26. The van der Waals surface area contributed by atoms with E-state index in [1.165, 1.54) is 4.31 Å². The number of nitrogens with zero attached hydrogens (tertiary/aromatic N) is 6. The highest BCUT2D eigenvalue weighted by atomic mass is 32.2. The molecule has 0 amide bonds. The third-order valence-corrected chi connectivity index (χ3v) is 7.94. The van der Waals surface area contributed by atoms with Gasteiger partial charge in [-0.1, -0.05) is 0 Å². The van der Waals surface area contributed by atoms with Crippen molar-refractivity contribution in [2.24, 2.45) is 0 Å². The number of sulfonamides is 1. The minimum absolute atomic E-state index is 0.0139. The molecule has 0 aliphatic carbocycles. The smallest absolute Gasteiger partial charge is 0.229 e.